The maximum absolute atomic E-state index is 12.8. The van der Waals surface area contributed by atoms with Crippen LogP contribution in [0.2, 0.25) is 10.0 Å². The van der Waals surface area contributed by atoms with Crippen LogP contribution >= 0.6 is 23.2 Å². The molecule has 0 aliphatic heterocycles. The second-order valence-corrected chi connectivity index (χ2v) is 9.86. The fourth-order valence-corrected chi connectivity index (χ4v) is 4.53. The van der Waals surface area contributed by atoms with Gasteiger partial charge in [-0.25, -0.2) is 12.7 Å². The molecule has 0 aliphatic carbocycles. The molecular weight excluding hydrogens is 465 g/mol. The summed E-state index contributed by atoms with van der Waals surface area (Å²) in [5.74, 6) is 0.376. The van der Waals surface area contributed by atoms with Gasteiger partial charge in [0.2, 0.25) is 10.0 Å². The van der Waals surface area contributed by atoms with Crippen LogP contribution in [0.4, 0.5) is 0 Å². The van der Waals surface area contributed by atoms with Crippen molar-refractivity contribution in [2.24, 2.45) is 0 Å². The van der Waals surface area contributed by atoms with Gasteiger partial charge in [-0.05, 0) is 43.3 Å². The van der Waals surface area contributed by atoms with Crippen LogP contribution in [0, 0.1) is 0 Å². The first-order valence-electron chi connectivity index (χ1n) is 9.35. The average molecular weight is 486 g/mol. The quantitative estimate of drug-likeness (QED) is 0.479. The van der Waals surface area contributed by atoms with Crippen LogP contribution in [0.15, 0.2) is 50.9 Å². The highest BCUT2D eigenvalue weighted by atomic mass is 35.5. The summed E-state index contributed by atoms with van der Waals surface area (Å²) in [6, 6.07) is 9.09. The third-order valence-corrected chi connectivity index (χ3v) is 7.10. The molecule has 0 saturated heterocycles. The van der Waals surface area contributed by atoms with E-state index < -0.39 is 21.1 Å². The summed E-state index contributed by atoms with van der Waals surface area (Å²) in [5, 5.41) is 0.767. The van der Waals surface area contributed by atoms with Crippen molar-refractivity contribution in [1.29, 1.82) is 0 Å². The fraction of sp³-hybridized carbons (Fsp3) is 0.300. The summed E-state index contributed by atoms with van der Waals surface area (Å²) >= 11 is 12.0. The van der Waals surface area contributed by atoms with Crippen molar-refractivity contribution in [3.05, 3.63) is 67.2 Å². The summed E-state index contributed by atoms with van der Waals surface area (Å²) in [6.45, 7) is 2.04. The van der Waals surface area contributed by atoms with Gasteiger partial charge in [-0.3, -0.25) is 14.2 Å². The Morgan fingerprint density at radius 3 is 2.26 bits per heavy atom. The first-order chi connectivity index (χ1) is 14.6. The van der Waals surface area contributed by atoms with E-state index in [2.05, 4.69) is 0 Å². The van der Waals surface area contributed by atoms with Crippen LogP contribution in [0.5, 0.6) is 5.75 Å². The van der Waals surface area contributed by atoms with Gasteiger partial charge in [-0.15, -0.1) is 0 Å². The zero-order valence-corrected chi connectivity index (χ0v) is 19.5. The average Bonchev–Trinajstić information content (AvgIpc) is 2.72. The molecule has 11 heteroatoms. The smallest absolute Gasteiger partial charge is 0.317 e. The minimum atomic E-state index is -3.73. The van der Waals surface area contributed by atoms with Crippen LogP contribution in [-0.2, 0) is 23.1 Å². The SMILES string of the molecule is CCn1c(=O)c(=O)n(CCOc2ccc(Cl)cc2Cl)c2cc(S(=O)(=O)N(C)C)ccc21. The molecule has 0 bridgehead atoms. The van der Waals surface area contributed by atoms with Gasteiger partial charge < -0.3 is 9.30 Å². The minimum absolute atomic E-state index is 0.0134. The van der Waals surface area contributed by atoms with Gasteiger partial charge in [0.15, 0.2) is 0 Å². The summed E-state index contributed by atoms with van der Waals surface area (Å²) in [7, 11) is -0.892. The van der Waals surface area contributed by atoms with Crippen molar-refractivity contribution < 1.29 is 13.2 Å². The molecule has 0 N–H and O–H groups in total. The number of hydrogen-bond donors (Lipinski definition) is 0. The van der Waals surface area contributed by atoms with Crippen LogP contribution in [0.3, 0.4) is 0 Å². The maximum atomic E-state index is 12.8. The van der Waals surface area contributed by atoms with Crippen molar-refractivity contribution in [3.63, 3.8) is 0 Å². The lowest BCUT2D eigenvalue weighted by molar-refractivity contribution is 0.298. The van der Waals surface area contributed by atoms with E-state index in [0.29, 0.717) is 26.8 Å². The van der Waals surface area contributed by atoms with Crippen LogP contribution in [-0.4, -0.2) is 42.6 Å². The van der Waals surface area contributed by atoms with Crippen molar-refractivity contribution >= 4 is 44.3 Å². The van der Waals surface area contributed by atoms with Gasteiger partial charge in [0.05, 0.1) is 27.5 Å². The lowest BCUT2D eigenvalue weighted by Crippen LogP contribution is -2.42. The summed E-state index contributed by atoms with van der Waals surface area (Å²) in [5.41, 5.74) is -0.684. The molecule has 0 fully saturated rings. The Bertz CT molecular complexity index is 1360. The molecule has 0 atom stereocenters. The van der Waals surface area contributed by atoms with Gasteiger partial charge in [0.1, 0.15) is 12.4 Å². The van der Waals surface area contributed by atoms with Crippen LogP contribution < -0.4 is 15.9 Å². The number of halogens is 2. The van der Waals surface area contributed by atoms with Crippen LogP contribution in [0.1, 0.15) is 6.92 Å². The van der Waals surface area contributed by atoms with Gasteiger partial charge in [0, 0.05) is 25.7 Å². The summed E-state index contributed by atoms with van der Waals surface area (Å²) < 4.78 is 34.4. The van der Waals surface area contributed by atoms with Gasteiger partial charge in [0.25, 0.3) is 0 Å². The molecule has 1 heterocycles. The normalized spacial score (nSPS) is 11.9. The highest BCUT2D eigenvalue weighted by molar-refractivity contribution is 7.89. The molecule has 1 aromatic heterocycles. The maximum Gasteiger partial charge on any atom is 0.317 e. The summed E-state index contributed by atoms with van der Waals surface area (Å²) in [6.07, 6.45) is 0. The lowest BCUT2D eigenvalue weighted by atomic mass is 10.2. The van der Waals surface area contributed by atoms with E-state index in [-0.39, 0.29) is 24.6 Å². The number of nitrogens with zero attached hydrogens (tertiary/aromatic N) is 3. The molecule has 2 aromatic carbocycles. The number of aromatic nitrogens is 2. The second kappa shape index (κ2) is 9.04. The monoisotopic (exact) mass is 485 g/mol. The molecular formula is C20H21Cl2N3O5S. The molecule has 0 amide bonds. The molecule has 166 valence electrons. The molecule has 3 aromatic rings. The Labute approximate surface area is 189 Å². The largest absolute Gasteiger partial charge is 0.490 e. The highest BCUT2D eigenvalue weighted by Crippen LogP contribution is 2.27. The van der Waals surface area contributed by atoms with E-state index in [1.54, 1.807) is 19.1 Å². The van der Waals surface area contributed by atoms with Crippen molar-refractivity contribution in [3.8, 4) is 5.75 Å². The van der Waals surface area contributed by atoms with E-state index in [9.17, 15) is 18.0 Å². The van der Waals surface area contributed by atoms with Crippen molar-refractivity contribution in [2.45, 2.75) is 24.9 Å². The molecule has 31 heavy (non-hydrogen) atoms. The number of rotatable bonds is 7. The minimum Gasteiger partial charge on any atom is -0.490 e. The molecule has 0 radical (unpaired) electrons. The van der Waals surface area contributed by atoms with E-state index in [1.807, 2.05) is 0 Å². The predicted octanol–water partition coefficient (Wildman–Crippen LogP) is 2.82. The first kappa shape index (κ1) is 23.3. The Morgan fingerprint density at radius 1 is 0.968 bits per heavy atom. The van der Waals surface area contributed by atoms with Crippen molar-refractivity contribution in [1.82, 2.24) is 13.4 Å². The molecule has 3 rings (SSSR count). The van der Waals surface area contributed by atoms with E-state index in [1.165, 1.54) is 47.5 Å². The molecule has 0 saturated carbocycles. The Kier molecular flexibility index (Phi) is 6.80. The number of sulfonamides is 1. The second-order valence-electron chi connectivity index (χ2n) is 6.87. The highest BCUT2D eigenvalue weighted by Gasteiger charge is 2.20. The first-order valence-corrected chi connectivity index (χ1v) is 11.5. The molecule has 0 aliphatic rings. The zero-order valence-electron chi connectivity index (χ0n) is 17.1. The number of aryl methyl sites for hydroxylation is 1. The van der Waals surface area contributed by atoms with E-state index >= 15 is 0 Å². The van der Waals surface area contributed by atoms with Crippen LogP contribution in [0.25, 0.3) is 11.0 Å². The van der Waals surface area contributed by atoms with Gasteiger partial charge >= 0.3 is 11.1 Å². The molecule has 0 unspecified atom stereocenters. The fourth-order valence-electron chi connectivity index (χ4n) is 3.14. The summed E-state index contributed by atoms with van der Waals surface area (Å²) in [4.78, 5) is 25.4. The number of hydrogen-bond acceptors (Lipinski definition) is 5. The van der Waals surface area contributed by atoms with E-state index in [0.717, 1.165) is 4.31 Å². The predicted molar refractivity (Wildman–Crippen MR) is 121 cm³/mol. The number of ether oxygens (including phenoxy) is 1. The Balaban J connectivity index is 2.09. The van der Waals surface area contributed by atoms with Gasteiger partial charge in [-0.1, -0.05) is 23.2 Å². The molecule has 8 nitrogen and oxygen atoms in total. The zero-order chi connectivity index (χ0) is 22.9. The van der Waals surface area contributed by atoms with E-state index in [4.69, 9.17) is 27.9 Å². The lowest BCUT2D eigenvalue weighted by Gasteiger charge is -2.17. The number of fused-ring (bicyclic) bond motifs is 1. The third-order valence-electron chi connectivity index (χ3n) is 4.76. The topological polar surface area (TPSA) is 90.6 Å². The standard InChI is InChI=1S/C20H21Cl2N3O5S/c1-4-24-16-7-6-14(31(28,29)23(2)3)12-17(16)25(20(27)19(24)26)9-10-30-18-8-5-13(21)11-15(18)22/h5-8,11-12H,4,9-10H2,1-3H3. The Hall–Kier alpha value is -2.33. The van der Waals surface area contributed by atoms with Gasteiger partial charge in [-0.2, -0.15) is 0 Å². The third kappa shape index (κ3) is 4.50. The number of benzene rings is 2. The Morgan fingerprint density at radius 2 is 1.65 bits per heavy atom. The van der Waals surface area contributed by atoms with Crippen molar-refractivity contribution in [2.75, 3.05) is 20.7 Å². The molecule has 0 spiro atoms.